The Balaban J connectivity index is 4.06. The van der Waals surface area contributed by atoms with Gasteiger partial charge in [0.15, 0.2) is 0 Å². The Morgan fingerprint density at radius 2 is 1.83 bits per heavy atom. The molecule has 0 aromatic carbocycles. The summed E-state index contributed by atoms with van der Waals surface area (Å²) in [5, 5.41) is 8.45. The van der Waals surface area contributed by atoms with Gasteiger partial charge in [-0.3, -0.25) is 9.36 Å². The van der Waals surface area contributed by atoms with Gasteiger partial charge in [-0.15, -0.1) is 0 Å². The molecule has 0 aliphatic carbocycles. The van der Waals surface area contributed by atoms with Crippen molar-refractivity contribution in [2.24, 2.45) is 0 Å². The van der Waals surface area contributed by atoms with Crippen LogP contribution in [0.2, 0.25) is 0 Å². The first kappa shape index (κ1) is 16.8. The summed E-state index contributed by atoms with van der Waals surface area (Å²) >= 11 is 0. The highest BCUT2D eigenvalue weighted by Crippen LogP contribution is 2.45. The SMILES string of the molecule is COP(=O)(CC(=O)OCC/C(C)=C/C(=O)O)OC. The minimum Gasteiger partial charge on any atom is -0.478 e. The maximum Gasteiger partial charge on any atom is 0.341 e. The van der Waals surface area contributed by atoms with Gasteiger partial charge >= 0.3 is 19.5 Å². The maximum atomic E-state index is 11.6. The van der Waals surface area contributed by atoms with E-state index in [0.29, 0.717) is 12.0 Å². The number of esters is 1. The first-order valence-electron chi connectivity index (χ1n) is 5.09. The lowest BCUT2D eigenvalue weighted by Gasteiger charge is -2.12. The zero-order valence-electron chi connectivity index (χ0n) is 10.5. The summed E-state index contributed by atoms with van der Waals surface area (Å²) in [5.41, 5.74) is 0.567. The number of hydrogen-bond acceptors (Lipinski definition) is 6. The number of hydrogen-bond donors (Lipinski definition) is 1. The van der Waals surface area contributed by atoms with E-state index < -0.39 is 25.7 Å². The first-order chi connectivity index (χ1) is 8.33. The Labute approximate surface area is 105 Å². The number of carbonyl (C=O) groups excluding carboxylic acids is 1. The highest BCUT2D eigenvalue weighted by atomic mass is 31.2. The van der Waals surface area contributed by atoms with Gasteiger partial charge in [0.05, 0.1) is 6.61 Å². The molecule has 0 spiro atoms. The summed E-state index contributed by atoms with van der Waals surface area (Å²) in [6.07, 6.45) is 0.854. The van der Waals surface area contributed by atoms with Gasteiger partial charge in [-0.25, -0.2) is 4.79 Å². The van der Waals surface area contributed by atoms with Gasteiger partial charge in [0.2, 0.25) is 0 Å². The standard InChI is InChI=1S/C10H17O7P/c1-8(6-9(11)12)4-5-17-10(13)7-18(14,15-2)16-3/h6H,4-5,7H2,1-3H3,(H,11,12)/b8-6+. The molecule has 0 aliphatic rings. The zero-order valence-corrected chi connectivity index (χ0v) is 11.4. The fraction of sp³-hybridized carbons (Fsp3) is 0.600. The van der Waals surface area contributed by atoms with Crippen LogP contribution < -0.4 is 0 Å². The van der Waals surface area contributed by atoms with E-state index >= 15 is 0 Å². The second kappa shape index (κ2) is 8.02. The maximum absolute atomic E-state index is 11.6. The Kier molecular flexibility index (Phi) is 7.50. The molecule has 0 fully saturated rings. The average molecular weight is 280 g/mol. The van der Waals surface area contributed by atoms with Crippen LogP contribution in [-0.4, -0.2) is 44.0 Å². The molecular formula is C10H17O7P. The summed E-state index contributed by atoms with van der Waals surface area (Å²) in [6, 6.07) is 0. The van der Waals surface area contributed by atoms with E-state index in [0.717, 1.165) is 6.08 Å². The van der Waals surface area contributed by atoms with Crippen LogP contribution in [0.25, 0.3) is 0 Å². The summed E-state index contributed by atoms with van der Waals surface area (Å²) in [6.45, 7) is 1.62. The van der Waals surface area contributed by atoms with Crippen LogP contribution >= 0.6 is 7.60 Å². The van der Waals surface area contributed by atoms with Gasteiger partial charge in [0.25, 0.3) is 0 Å². The molecule has 0 rings (SSSR count). The molecule has 0 saturated heterocycles. The molecule has 1 N–H and O–H groups in total. The predicted molar refractivity (Wildman–Crippen MR) is 63.5 cm³/mol. The van der Waals surface area contributed by atoms with E-state index in [1.165, 1.54) is 14.2 Å². The quantitative estimate of drug-likeness (QED) is 0.408. The number of carboxylic acids is 1. The van der Waals surface area contributed by atoms with Crippen LogP contribution in [0.3, 0.4) is 0 Å². The molecule has 0 atom stereocenters. The molecule has 0 saturated carbocycles. The van der Waals surface area contributed by atoms with Crippen LogP contribution in [0.1, 0.15) is 13.3 Å². The second-order valence-electron chi connectivity index (χ2n) is 3.43. The molecule has 0 aromatic rings. The first-order valence-corrected chi connectivity index (χ1v) is 6.82. The molecule has 0 radical (unpaired) electrons. The molecule has 0 amide bonds. The minimum absolute atomic E-state index is 0.0157. The number of carboxylic acid groups (broad SMARTS) is 1. The largest absolute Gasteiger partial charge is 0.478 e. The predicted octanol–water partition coefficient (Wildman–Crippen LogP) is 1.44. The summed E-state index contributed by atoms with van der Waals surface area (Å²) in [5.74, 6) is -1.77. The van der Waals surface area contributed by atoms with Crippen molar-refractivity contribution in [1.82, 2.24) is 0 Å². The van der Waals surface area contributed by atoms with Crippen molar-refractivity contribution >= 4 is 19.5 Å². The van der Waals surface area contributed by atoms with Gasteiger partial charge in [0.1, 0.15) is 6.16 Å². The Bertz CT molecular complexity index is 366. The van der Waals surface area contributed by atoms with Gasteiger partial charge in [-0.1, -0.05) is 5.57 Å². The van der Waals surface area contributed by atoms with Gasteiger partial charge < -0.3 is 18.9 Å². The van der Waals surface area contributed by atoms with E-state index in [-0.39, 0.29) is 6.61 Å². The molecule has 7 nitrogen and oxygen atoms in total. The molecule has 0 bridgehead atoms. The smallest absolute Gasteiger partial charge is 0.341 e. The fourth-order valence-corrected chi connectivity index (χ4v) is 1.83. The van der Waals surface area contributed by atoms with Crippen LogP contribution in [0.15, 0.2) is 11.6 Å². The lowest BCUT2D eigenvalue weighted by molar-refractivity contribution is -0.140. The average Bonchev–Trinajstić information content (AvgIpc) is 2.27. The topological polar surface area (TPSA) is 99.1 Å². The molecular weight excluding hydrogens is 263 g/mol. The van der Waals surface area contributed by atoms with Crippen LogP contribution in [0.4, 0.5) is 0 Å². The van der Waals surface area contributed by atoms with E-state index in [2.05, 4.69) is 9.05 Å². The van der Waals surface area contributed by atoms with Gasteiger partial charge in [-0.05, 0) is 6.92 Å². The monoisotopic (exact) mass is 280 g/mol. The Hall–Kier alpha value is -1.17. The fourth-order valence-electron chi connectivity index (χ4n) is 1.02. The van der Waals surface area contributed by atoms with Crippen molar-refractivity contribution in [1.29, 1.82) is 0 Å². The van der Waals surface area contributed by atoms with Gasteiger partial charge in [0, 0.05) is 26.7 Å². The second-order valence-corrected chi connectivity index (χ2v) is 5.70. The van der Waals surface area contributed by atoms with Crippen molar-refractivity contribution < 1.29 is 33.0 Å². The number of ether oxygens (including phenoxy) is 1. The zero-order chi connectivity index (χ0) is 14.2. The van der Waals surface area contributed by atoms with E-state index in [4.69, 9.17) is 9.84 Å². The Morgan fingerprint density at radius 1 is 1.28 bits per heavy atom. The van der Waals surface area contributed by atoms with E-state index in [1.54, 1.807) is 6.92 Å². The van der Waals surface area contributed by atoms with Crippen molar-refractivity contribution in [3.63, 3.8) is 0 Å². The summed E-state index contributed by atoms with van der Waals surface area (Å²) in [4.78, 5) is 21.6. The lowest BCUT2D eigenvalue weighted by atomic mass is 10.2. The summed E-state index contributed by atoms with van der Waals surface area (Å²) in [7, 11) is -1.05. The minimum atomic E-state index is -3.41. The molecule has 0 aromatic heterocycles. The molecule has 8 heteroatoms. The summed E-state index contributed by atoms with van der Waals surface area (Å²) < 4.78 is 25.5. The number of carbonyl (C=O) groups is 2. The van der Waals surface area contributed by atoms with Crippen molar-refractivity contribution in [2.45, 2.75) is 13.3 Å². The van der Waals surface area contributed by atoms with Crippen LogP contribution in [-0.2, 0) is 27.9 Å². The van der Waals surface area contributed by atoms with Crippen LogP contribution in [0, 0.1) is 0 Å². The molecule has 18 heavy (non-hydrogen) atoms. The number of rotatable bonds is 8. The van der Waals surface area contributed by atoms with Crippen LogP contribution in [0.5, 0.6) is 0 Å². The third kappa shape index (κ3) is 7.21. The molecule has 104 valence electrons. The van der Waals surface area contributed by atoms with Gasteiger partial charge in [-0.2, -0.15) is 0 Å². The Morgan fingerprint density at radius 3 is 2.28 bits per heavy atom. The normalized spacial score (nSPS) is 12.3. The molecule has 0 heterocycles. The van der Waals surface area contributed by atoms with E-state index in [9.17, 15) is 14.2 Å². The number of aliphatic carboxylic acids is 1. The third-order valence-corrected chi connectivity index (χ3v) is 3.77. The van der Waals surface area contributed by atoms with Crippen molar-refractivity contribution in [3.8, 4) is 0 Å². The molecule has 0 aliphatic heterocycles. The van der Waals surface area contributed by atoms with E-state index in [1.807, 2.05) is 0 Å². The highest BCUT2D eigenvalue weighted by molar-refractivity contribution is 7.54. The third-order valence-electron chi connectivity index (χ3n) is 2.01. The van der Waals surface area contributed by atoms with Crippen molar-refractivity contribution in [2.75, 3.05) is 27.0 Å². The highest BCUT2D eigenvalue weighted by Gasteiger charge is 2.26. The van der Waals surface area contributed by atoms with Crippen molar-refractivity contribution in [3.05, 3.63) is 11.6 Å². The molecule has 0 unspecified atom stereocenters. The lowest BCUT2D eigenvalue weighted by Crippen LogP contribution is -2.12.